The summed E-state index contributed by atoms with van der Waals surface area (Å²) in [5.74, 6) is -0.450. The Morgan fingerprint density at radius 3 is 2.41 bits per heavy atom. The summed E-state index contributed by atoms with van der Waals surface area (Å²) in [7, 11) is -1.80. The number of amides is 2. The van der Waals surface area contributed by atoms with E-state index in [1.165, 1.54) is 56.4 Å². The van der Waals surface area contributed by atoms with Gasteiger partial charge < -0.3 is 19.7 Å². The fourth-order valence-corrected chi connectivity index (χ4v) is 6.44. The van der Waals surface area contributed by atoms with Crippen LogP contribution in [-0.4, -0.2) is 63.4 Å². The zero-order valence-corrected chi connectivity index (χ0v) is 28.1. The molecule has 14 heteroatoms. The first-order chi connectivity index (χ1) is 21.9. The van der Waals surface area contributed by atoms with Crippen molar-refractivity contribution in [1.82, 2.24) is 10.2 Å². The number of nitro benzene ring substituents is 1. The van der Waals surface area contributed by atoms with E-state index < -0.39 is 44.0 Å². The molecule has 0 unspecified atom stereocenters. The lowest BCUT2D eigenvalue weighted by Gasteiger charge is -2.33. The molecule has 0 heterocycles. The van der Waals surface area contributed by atoms with Crippen molar-refractivity contribution in [2.24, 2.45) is 0 Å². The zero-order chi connectivity index (χ0) is 34.0. The molecule has 0 radical (unpaired) electrons. The van der Waals surface area contributed by atoms with Gasteiger partial charge in [-0.1, -0.05) is 50.1 Å². The summed E-state index contributed by atoms with van der Waals surface area (Å²) in [5.41, 5.74) is 0.445. The predicted octanol–water partition coefficient (Wildman–Crippen LogP) is 5.49. The molecule has 0 aliphatic rings. The third kappa shape index (κ3) is 8.67. The molecule has 12 nitrogen and oxygen atoms in total. The Labute approximate surface area is 274 Å². The van der Waals surface area contributed by atoms with Crippen molar-refractivity contribution in [3.63, 3.8) is 0 Å². The minimum absolute atomic E-state index is 0.0354. The van der Waals surface area contributed by atoms with Crippen molar-refractivity contribution in [2.75, 3.05) is 31.6 Å². The van der Waals surface area contributed by atoms with Crippen LogP contribution in [0.4, 0.5) is 11.4 Å². The number of benzene rings is 3. The molecule has 0 saturated carbocycles. The number of methoxy groups -OCH3 is 2. The molecule has 46 heavy (non-hydrogen) atoms. The molecule has 0 aromatic heterocycles. The summed E-state index contributed by atoms with van der Waals surface area (Å²) in [6.07, 6.45) is 1.84. The van der Waals surface area contributed by atoms with Crippen LogP contribution in [0.1, 0.15) is 44.2 Å². The number of hydrogen-bond acceptors (Lipinski definition) is 8. The highest BCUT2D eigenvalue weighted by atomic mass is 35.5. The number of nitrogens with zero attached hydrogens (tertiary/aromatic N) is 3. The van der Waals surface area contributed by atoms with Crippen LogP contribution in [0.25, 0.3) is 0 Å². The van der Waals surface area contributed by atoms with Crippen LogP contribution < -0.4 is 19.1 Å². The quantitative estimate of drug-likeness (QED) is 0.119. The van der Waals surface area contributed by atoms with Gasteiger partial charge in [0.05, 0.1) is 29.7 Å². The second-order valence-corrected chi connectivity index (χ2v) is 12.8. The van der Waals surface area contributed by atoms with Crippen LogP contribution in [0.5, 0.6) is 11.5 Å². The van der Waals surface area contributed by atoms with Crippen LogP contribution in [0.15, 0.2) is 65.6 Å². The van der Waals surface area contributed by atoms with E-state index in [9.17, 15) is 28.1 Å². The number of ether oxygens (including phenoxy) is 2. The number of unbranched alkanes of at least 4 members (excludes halogenated alkanes) is 1. The van der Waals surface area contributed by atoms with Crippen molar-refractivity contribution < 1.29 is 32.4 Å². The smallest absolute Gasteiger partial charge is 0.273 e. The summed E-state index contributed by atoms with van der Waals surface area (Å²) >= 11 is 6.28. The monoisotopic (exact) mass is 674 g/mol. The van der Waals surface area contributed by atoms with E-state index in [0.717, 1.165) is 23.2 Å². The van der Waals surface area contributed by atoms with Crippen molar-refractivity contribution in [2.45, 2.75) is 57.5 Å². The lowest BCUT2D eigenvalue weighted by molar-refractivity contribution is -0.385. The van der Waals surface area contributed by atoms with Crippen molar-refractivity contribution in [3.8, 4) is 11.5 Å². The van der Waals surface area contributed by atoms with Crippen LogP contribution in [0, 0.1) is 17.0 Å². The highest BCUT2D eigenvalue weighted by Crippen LogP contribution is 2.36. The van der Waals surface area contributed by atoms with Gasteiger partial charge in [-0.05, 0) is 61.7 Å². The van der Waals surface area contributed by atoms with E-state index in [1.54, 1.807) is 31.2 Å². The van der Waals surface area contributed by atoms with E-state index in [-0.39, 0.29) is 40.9 Å². The number of nitro groups is 1. The lowest BCUT2D eigenvalue weighted by atomic mass is 10.1. The third-order valence-electron chi connectivity index (χ3n) is 7.36. The third-order valence-corrected chi connectivity index (χ3v) is 9.35. The maximum absolute atomic E-state index is 14.3. The molecule has 3 aromatic carbocycles. The van der Waals surface area contributed by atoms with Gasteiger partial charge in [0, 0.05) is 29.7 Å². The number of sulfonamides is 1. The minimum atomic E-state index is -4.64. The second kappa shape index (κ2) is 16.3. The van der Waals surface area contributed by atoms with E-state index in [2.05, 4.69) is 5.32 Å². The predicted molar refractivity (Wildman–Crippen MR) is 176 cm³/mol. The SMILES string of the molecule is CCCCNC(=O)[C@@H](CC)N(Cc1cccc(OC)c1)C(=O)CN(c1cc(Cl)ccc1OC)S(=O)(=O)c1ccc(C)c([N+](=O)[O-])c1. The van der Waals surface area contributed by atoms with Gasteiger partial charge in [0.25, 0.3) is 15.7 Å². The standard InChI is InChI=1S/C32H39ClN4O8S/c1-6-8-16-34-32(39)27(7-2)35(20-23-10-9-11-25(17-23)44-4)31(38)21-36(29-18-24(33)13-15-30(29)45-5)46(42,43)26-14-12-22(3)28(19-26)37(40)41/h9-15,17-19,27H,6-8,16,20-21H2,1-5H3,(H,34,39)/t27-/m1/s1. The van der Waals surface area contributed by atoms with Gasteiger partial charge in [-0.15, -0.1) is 0 Å². The van der Waals surface area contributed by atoms with Gasteiger partial charge in [-0.3, -0.25) is 24.0 Å². The molecule has 1 atom stereocenters. The van der Waals surface area contributed by atoms with Gasteiger partial charge in [0.1, 0.15) is 24.1 Å². The summed E-state index contributed by atoms with van der Waals surface area (Å²) in [6.45, 7) is 4.84. The number of aryl methyl sites for hydroxylation is 1. The van der Waals surface area contributed by atoms with Gasteiger partial charge >= 0.3 is 0 Å². The number of halogens is 1. The van der Waals surface area contributed by atoms with Gasteiger partial charge in [-0.25, -0.2) is 8.42 Å². The molecule has 0 saturated heterocycles. The number of rotatable bonds is 16. The average Bonchev–Trinajstić information content (AvgIpc) is 3.03. The zero-order valence-electron chi connectivity index (χ0n) is 26.5. The number of hydrogen-bond donors (Lipinski definition) is 1. The Morgan fingerprint density at radius 2 is 1.78 bits per heavy atom. The van der Waals surface area contributed by atoms with Crippen LogP contribution >= 0.6 is 11.6 Å². The summed E-state index contributed by atoms with van der Waals surface area (Å²) in [5, 5.41) is 14.7. The highest BCUT2D eigenvalue weighted by Gasteiger charge is 2.35. The maximum Gasteiger partial charge on any atom is 0.273 e. The highest BCUT2D eigenvalue weighted by molar-refractivity contribution is 7.92. The molecule has 3 rings (SSSR count). The first kappa shape index (κ1) is 36.1. The van der Waals surface area contributed by atoms with Crippen LogP contribution in [0.3, 0.4) is 0 Å². The Morgan fingerprint density at radius 1 is 1.04 bits per heavy atom. The van der Waals surface area contributed by atoms with E-state index in [1.807, 2.05) is 6.92 Å². The number of nitrogens with one attached hydrogen (secondary N) is 1. The molecule has 0 aliphatic heterocycles. The Hall–Kier alpha value is -4.36. The number of carbonyl (C=O) groups excluding carboxylic acids is 2. The van der Waals surface area contributed by atoms with Gasteiger partial charge in [0.15, 0.2) is 0 Å². The topological polar surface area (TPSA) is 148 Å². The fraction of sp³-hybridized carbons (Fsp3) is 0.375. The Bertz CT molecular complexity index is 1670. The molecule has 3 aromatic rings. The summed E-state index contributed by atoms with van der Waals surface area (Å²) in [6, 6.07) is 13.8. The largest absolute Gasteiger partial charge is 0.497 e. The number of carbonyl (C=O) groups is 2. The summed E-state index contributed by atoms with van der Waals surface area (Å²) in [4.78, 5) is 39.7. The summed E-state index contributed by atoms with van der Waals surface area (Å²) < 4.78 is 40.2. The van der Waals surface area contributed by atoms with Gasteiger partial charge in [-0.2, -0.15) is 0 Å². The normalized spacial score (nSPS) is 11.8. The van der Waals surface area contributed by atoms with Crippen molar-refractivity contribution >= 4 is 44.8 Å². The van der Waals surface area contributed by atoms with E-state index in [0.29, 0.717) is 17.9 Å². The maximum atomic E-state index is 14.3. The van der Waals surface area contributed by atoms with Gasteiger partial charge in [0.2, 0.25) is 11.8 Å². The van der Waals surface area contributed by atoms with Crippen LogP contribution in [-0.2, 0) is 26.2 Å². The first-order valence-corrected chi connectivity index (χ1v) is 16.5. The fourth-order valence-electron chi connectivity index (χ4n) is 4.84. The molecule has 0 aliphatic carbocycles. The molecule has 248 valence electrons. The van der Waals surface area contributed by atoms with Crippen molar-refractivity contribution in [3.05, 3.63) is 86.9 Å². The Balaban J connectivity index is 2.17. The Kier molecular flexibility index (Phi) is 12.8. The molecular weight excluding hydrogens is 636 g/mol. The van der Waals surface area contributed by atoms with E-state index in [4.69, 9.17) is 21.1 Å². The van der Waals surface area contributed by atoms with Crippen LogP contribution in [0.2, 0.25) is 5.02 Å². The molecule has 0 spiro atoms. The average molecular weight is 675 g/mol. The first-order valence-electron chi connectivity index (χ1n) is 14.7. The molecular formula is C32H39ClN4O8S. The van der Waals surface area contributed by atoms with Crippen molar-refractivity contribution in [1.29, 1.82) is 0 Å². The minimum Gasteiger partial charge on any atom is -0.497 e. The number of anilines is 1. The van der Waals surface area contributed by atoms with E-state index >= 15 is 0 Å². The lowest BCUT2D eigenvalue weighted by Crippen LogP contribution is -2.52. The molecule has 0 fully saturated rings. The molecule has 1 N–H and O–H groups in total. The molecule has 0 bridgehead atoms. The molecule has 2 amide bonds. The second-order valence-electron chi connectivity index (χ2n) is 10.5.